The van der Waals surface area contributed by atoms with Gasteiger partial charge in [0, 0.05) is 55.2 Å². The highest BCUT2D eigenvalue weighted by atomic mass is 15.2. The number of pyridine rings is 2. The van der Waals surface area contributed by atoms with Crippen molar-refractivity contribution < 1.29 is 0 Å². The van der Waals surface area contributed by atoms with Crippen LogP contribution in [0.25, 0.3) is 11.4 Å². The van der Waals surface area contributed by atoms with E-state index in [1.54, 1.807) is 6.20 Å². The van der Waals surface area contributed by atoms with Crippen molar-refractivity contribution in [3.63, 3.8) is 0 Å². The van der Waals surface area contributed by atoms with Crippen molar-refractivity contribution in [3.8, 4) is 11.4 Å². The van der Waals surface area contributed by atoms with E-state index in [-0.39, 0.29) is 0 Å². The summed E-state index contributed by atoms with van der Waals surface area (Å²) in [5, 5.41) is 0. The molecule has 0 aromatic carbocycles. The Hall–Kier alpha value is -2.82. The molecule has 5 nitrogen and oxygen atoms in total. The van der Waals surface area contributed by atoms with E-state index in [9.17, 15) is 0 Å². The molecule has 1 unspecified atom stereocenters. The first-order chi connectivity index (χ1) is 12.8. The van der Waals surface area contributed by atoms with Gasteiger partial charge in [0.05, 0.1) is 0 Å². The number of anilines is 1. The highest BCUT2D eigenvalue weighted by Crippen LogP contribution is 2.26. The van der Waals surface area contributed by atoms with Crippen molar-refractivity contribution in [2.45, 2.75) is 26.2 Å². The molecule has 26 heavy (non-hydrogen) atoms. The Bertz CT molecular complexity index is 851. The van der Waals surface area contributed by atoms with Crippen LogP contribution in [-0.2, 0) is 6.42 Å². The molecule has 0 saturated carbocycles. The minimum absolute atomic E-state index is 0.630. The van der Waals surface area contributed by atoms with Crippen molar-refractivity contribution >= 4 is 5.82 Å². The van der Waals surface area contributed by atoms with Crippen LogP contribution in [0.3, 0.4) is 0 Å². The standard InChI is InChI=1S/C21H23N5/c1-16-11-20(25-21(24-16)19-7-3-9-23-14-19)26-10-4-6-18(15-26)12-17-5-2-8-22-13-17/h2-3,5,7-9,11,13-14,18H,4,6,10,12,15H2,1H3. The van der Waals surface area contributed by atoms with Gasteiger partial charge in [0.25, 0.3) is 0 Å². The van der Waals surface area contributed by atoms with Gasteiger partial charge in [-0.25, -0.2) is 9.97 Å². The maximum absolute atomic E-state index is 4.83. The van der Waals surface area contributed by atoms with E-state index in [4.69, 9.17) is 4.98 Å². The molecule has 0 N–H and O–H groups in total. The fraction of sp³-hybridized carbons (Fsp3) is 0.333. The van der Waals surface area contributed by atoms with Crippen molar-refractivity contribution in [2.75, 3.05) is 18.0 Å². The summed E-state index contributed by atoms with van der Waals surface area (Å²) in [5.41, 5.74) is 3.26. The Morgan fingerprint density at radius 2 is 1.92 bits per heavy atom. The fourth-order valence-electron chi connectivity index (χ4n) is 3.63. The molecule has 132 valence electrons. The van der Waals surface area contributed by atoms with Crippen molar-refractivity contribution in [2.24, 2.45) is 5.92 Å². The monoisotopic (exact) mass is 345 g/mol. The number of hydrogen-bond donors (Lipinski definition) is 0. The van der Waals surface area contributed by atoms with Gasteiger partial charge >= 0.3 is 0 Å². The molecule has 0 aliphatic carbocycles. The van der Waals surface area contributed by atoms with E-state index in [1.165, 1.54) is 18.4 Å². The number of piperidine rings is 1. The molecule has 1 fully saturated rings. The van der Waals surface area contributed by atoms with E-state index in [0.29, 0.717) is 5.92 Å². The minimum Gasteiger partial charge on any atom is -0.356 e. The Kier molecular flexibility index (Phi) is 4.86. The summed E-state index contributed by atoms with van der Waals surface area (Å²) in [6, 6.07) is 10.2. The summed E-state index contributed by atoms with van der Waals surface area (Å²) >= 11 is 0. The summed E-state index contributed by atoms with van der Waals surface area (Å²) in [4.78, 5) is 20.3. The van der Waals surface area contributed by atoms with Crippen molar-refractivity contribution in [3.05, 3.63) is 66.4 Å². The summed E-state index contributed by atoms with van der Waals surface area (Å²) < 4.78 is 0. The van der Waals surface area contributed by atoms with Crippen LogP contribution >= 0.6 is 0 Å². The van der Waals surface area contributed by atoms with E-state index in [2.05, 4.69) is 32.0 Å². The van der Waals surface area contributed by atoms with Crippen LogP contribution in [0.15, 0.2) is 55.1 Å². The predicted molar refractivity (Wildman–Crippen MR) is 103 cm³/mol. The number of aryl methyl sites for hydroxylation is 1. The summed E-state index contributed by atoms with van der Waals surface area (Å²) in [6.07, 6.45) is 10.9. The van der Waals surface area contributed by atoms with Gasteiger partial charge in [-0.3, -0.25) is 9.97 Å². The van der Waals surface area contributed by atoms with Gasteiger partial charge in [0.2, 0.25) is 0 Å². The SMILES string of the molecule is Cc1cc(N2CCCC(Cc3cccnc3)C2)nc(-c2cccnc2)n1. The number of hydrogen-bond acceptors (Lipinski definition) is 5. The molecule has 1 atom stereocenters. The molecular weight excluding hydrogens is 322 g/mol. The van der Waals surface area contributed by atoms with Gasteiger partial charge < -0.3 is 4.90 Å². The Balaban J connectivity index is 1.54. The maximum atomic E-state index is 4.83. The molecule has 4 heterocycles. The van der Waals surface area contributed by atoms with E-state index in [1.807, 2.05) is 43.7 Å². The van der Waals surface area contributed by atoms with Crippen molar-refractivity contribution in [1.82, 2.24) is 19.9 Å². The number of rotatable bonds is 4. The van der Waals surface area contributed by atoms with E-state index in [0.717, 1.165) is 42.4 Å². The van der Waals surface area contributed by atoms with Crippen LogP contribution in [0.2, 0.25) is 0 Å². The smallest absolute Gasteiger partial charge is 0.163 e. The first kappa shape index (κ1) is 16.6. The van der Waals surface area contributed by atoms with Crippen LogP contribution in [0.5, 0.6) is 0 Å². The second-order valence-corrected chi connectivity index (χ2v) is 6.95. The normalized spacial score (nSPS) is 17.3. The highest BCUT2D eigenvalue weighted by Gasteiger charge is 2.22. The molecule has 4 rings (SSSR count). The Labute approximate surface area is 154 Å². The Morgan fingerprint density at radius 1 is 1.08 bits per heavy atom. The largest absolute Gasteiger partial charge is 0.356 e. The lowest BCUT2D eigenvalue weighted by Gasteiger charge is -2.34. The average Bonchev–Trinajstić information content (AvgIpc) is 2.69. The first-order valence-electron chi connectivity index (χ1n) is 9.18. The Morgan fingerprint density at radius 3 is 2.69 bits per heavy atom. The summed E-state index contributed by atoms with van der Waals surface area (Å²) in [5.74, 6) is 2.40. The molecule has 3 aromatic rings. The van der Waals surface area contributed by atoms with Crippen LogP contribution in [0.1, 0.15) is 24.1 Å². The first-order valence-corrected chi connectivity index (χ1v) is 9.18. The van der Waals surface area contributed by atoms with Gasteiger partial charge in [0.15, 0.2) is 5.82 Å². The molecule has 0 spiro atoms. The molecule has 0 radical (unpaired) electrons. The topological polar surface area (TPSA) is 54.8 Å². The van der Waals surface area contributed by atoms with Crippen LogP contribution in [0.4, 0.5) is 5.82 Å². The van der Waals surface area contributed by atoms with Crippen LogP contribution in [-0.4, -0.2) is 33.0 Å². The zero-order valence-electron chi connectivity index (χ0n) is 15.0. The summed E-state index contributed by atoms with van der Waals surface area (Å²) in [6.45, 7) is 4.10. The molecule has 0 bridgehead atoms. The third-order valence-electron chi connectivity index (χ3n) is 4.85. The van der Waals surface area contributed by atoms with Gasteiger partial charge in [-0.15, -0.1) is 0 Å². The highest BCUT2D eigenvalue weighted by molar-refractivity contribution is 5.56. The van der Waals surface area contributed by atoms with E-state index < -0.39 is 0 Å². The zero-order valence-corrected chi connectivity index (χ0v) is 15.0. The molecule has 1 aliphatic heterocycles. The van der Waals surface area contributed by atoms with Gasteiger partial charge in [0.1, 0.15) is 5.82 Å². The van der Waals surface area contributed by atoms with Crippen LogP contribution < -0.4 is 4.90 Å². The van der Waals surface area contributed by atoms with Crippen LogP contribution in [0, 0.1) is 12.8 Å². The molecule has 5 heteroatoms. The molecule has 1 saturated heterocycles. The van der Waals surface area contributed by atoms with Gasteiger partial charge in [-0.2, -0.15) is 0 Å². The lowest BCUT2D eigenvalue weighted by molar-refractivity contribution is 0.411. The maximum Gasteiger partial charge on any atom is 0.163 e. The predicted octanol–water partition coefficient (Wildman–Crippen LogP) is 3.70. The third kappa shape index (κ3) is 3.87. The van der Waals surface area contributed by atoms with Gasteiger partial charge in [-0.1, -0.05) is 6.07 Å². The van der Waals surface area contributed by atoms with Gasteiger partial charge in [-0.05, 0) is 55.9 Å². The fourth-order valence-corrected chi connectivity index (χ4v) is 3.63. The molecule has 0 amide bonds. The number of aromatic nitrogens is 4. The average molecular weight is 345 g/mol. The molecule has 3 aromatic heterocycles. The molecule has 1 aliphatic rings. The zero-order chi connectivity index (χ0) is 17.8. The van der Waals surface area contributed by atoms with E-state index >= 15 is 0 Å². The summed E-state index contributed by atoms with van der Waals surface area (Å²) in [7, 11) is 0. The molecular formula is C21H23N5. The lowest BCUT2D eigenvalue weighted by atomic mass is 9.92. The lowest BCUT2D eigenvalue weighted by Crippen LogP contribution is -2.37. The van der Waals surface area contributed by atoms with Crippen molar-refractivity contribution in [1.29, 1.82) is 0 Å². The third-order valence-corrected chi connectivity index (χ3v) is 4.85. The second kappa shape index (κ2) is 7.60. The number of nitrogens with zero attached hydrogens (tertiary/aromatic N) is 5. The second-order valence-electron chi connectivity index (χ2n) is 6.95. The minimum atomic E-state index is 0.630. The quantitative estimate of drug-likeness (QED) is 0.722.